The Labute approximate surface area is 325 Å². The van der Waals surface area contributed by atoms with E-state index in [9.17, 15) is 0 Å². The van der Waals surface area contributed by atoms with Gasteiger partial charge in [0.25, 0.3) is 0 Å². The molecule has 4 unspecified atom stereocenters. The van der Waals surface area contributed by atoms with Gasteiger partial charge >= 0.3 is 0 Å². The summed E-state index contributed by atoms with van der Waals surface area (Å²) in [5, 5.41) is 3.69. The molecule has 3 aliphatic carbocycles. The van der Waals surface area contributed by atoms with E-state index in [0.717, 1.165) is 30.7 Å². The van der Waals surface area contributed by atoms with Crippen LogP contribution in [0.3, 0.4) is 0 Å². The lowest BCUT2D eigenvalue weighted by molar-refractivity contribution is 0.221. The van der Waals surface area contributed by atoms with E-state index in [-0.39, 0.29) is 11.5 Å². The van der Waals surface area contributed by atoms with Gasteiger partial charge in [-0.15, -0.1) is 13.2 Å². The van der Waals surface area contributed by atoms with Gasteiger partial charge in [0.1, 0.15) is 7.28 Å². The topological polar surface area (TPSA) is 66.5 Å². The van der Waals surface area contributed by atoms with Gasteiger partial charge in [-0.25, -0.2) is 0 Å². The molecule has 6 heteroatoms. The fraction of sp³-hybridized carbons (Fsp3) is 0.739. The van der Waals surface area contributed by atoms with Crippen molar-refractivity contribution in [1.29, 1.82) is 0 Å². The number of nitrogens with one attached hydrogen (secondary N) is 1. The average Bonchev–Trinajstić information content (AvgIpc) is 3.81. The average molecular weight is 719 g/mol. The van der Waals surface area contributed by atoms with E-state index >= 15 is 0 Å². The third-order valence-electron chi connectivity index (χ3n) is 11.4. The first-order valence-corrected chi connectivity index (χ1v) is 21.0. The Kier molecular flexibility index (Phi) is 26.5. The Bertz CT molecular complexity index is 1110. The molecule has 1 aromatic rings. The molecule has 0 bridgehead atoms. The first-order valence-electron chi connectivity index (χ1n) is 21.0. The molecule has 3 N–H and O–H groups in total. The first kappa shape index (κ1) is 50.0. The molecular formula is C46H85BN5. The Hall–Kier alpha value is -2.02. The number of allylic oxidation sites excluding steroid dienone is 2. The lowest BCUT2D eigenvalue weighted by Crippen LogP contribution is -2.42. The highest BCUT2D eigenvalue weighted by atomic mass is 15.1. The quantitative estimate of drug-likeness (QED) is 0.128. The number of nitrogens with zero attached hydrogens (tertiary/aromatic N) is 3. The third-order valence-corrected chi connectivity index (χ3v) is 11.4. The van der Waals surface area contributed by atoms with Gasteiger partial charge < -0.3 is 16.0 Å². The number of aryl methyl sites for hydroxylation is 1. The van der Waals surface area contributed by atoms with Crippen LogP contribution in [0.1, 0.15) is 137 Å². The molecule has 2 heterocycles. The summed E-state index contributed by atoms with van der Waals surface area (Å²) in [6, 6.07) is 7.24. The molecule has 4 aliphatic rings. The Morgan fingerprint density at radius 1 is 1.06 bits per heavy atom. The number of rotatable bonds is 12. The minimum absolute atomic E-state index is 0.191. The maximum atomic E-state index is 5.02. The molecule has 1 saturated heterocycles. The number of nitrogens with two attached hydrogens (primary N) is 1. The van der Waals surface area contributed by atoms with E-state index in [2.05, 4.69) is 140 Å². The summed E-state index contributed by atoms with van der Waals surface area (Å²) < 4.78 is 0. The second kappa shape index (κ2) is 27.5. The van der Waals surface area contributed by atoms with Crippen LogP contribution < -0.4 is 11.1 Å². The predicted octanol–water partition coefficient (Wildman–Crippen LogP) is 11.2. The van der Waals surface area contributed by atoms with Gasteiger partial charge in [-0.05, 0) is 138 Å². The zero-order chi connectivity index (χ0) is 39.7. The Morgan fingerprint density at radius 3 is 2.08 bits per heavy atom. The van der Waals surface area contributed by atoms with Crippen LogP contribution in [0, 0.1) is 28.6 Å². The lowest BCUT2D eigenvalue weighted by atomic mass is 9.78. The molecule has 0 aromatic carbocycles. The van der Waals surface area contributed by atoms with Crippen molar-refractivity contribution in [2.45, 2.75) is 158 Å². The summed E-state index contributed by atoms with van der Waals surface area (Å²) >= 11 is 0. The number of piperidine rings is 1. The molecule has 3 fully saturated rings. The van der Waals surface area contributed by atoms with Crippen molar-refractivity contribution in [3.63, 3.8) is 0 Å². The van der Waals surface area contributed by atoms with Gasteiger partial charge in [-0.1, -0.05) is 113 Å². The smallest absolute Gasteiger partial charge is 0.102 e. The van der Waals surface area contributed by atoms with Crippen LogP contribution in [-0.2, 0) is 6.42 Å². The largest absolute Gasteiger partial charge is 0.333 e. The summed E-state index contributed by atoms with van der Waals surface area (Å²) in [7, 11) is 3.50. The van der Waals surface area contributed by atoms with E-state index in [1.165, 1.54) is 101 Å². The van der Waals surface area contributed by atoms with Gasteiger partial charge in [0.15, 0.2) is 0 Å². The molecule has 52 heavy (non-hydrogen) atoms. The van der Waals surface area contributed by atoms with E-state index in [4.69, 9.17) is 4.98 Å². The van der Waals surface area contributed by atoms with Gasteiger partial charge in [0, 0.05) is 17.3 Å². The number of likely N-dealkylation sites (tertiary alicyclic amines) is 1. The molecule has 5 rings (SSSR count). The fourth-order valence-electron chi connectivity index (χ4n) is 7.03. The summed E-state index contributed by atoms with van der Waals surface area (Å²) in [6.45, 7) is 38.9. The Morgan fingerprint density at radius 2 is 1.63 bits per heavy atom. The summed E-state index contributed by atoms with van der Waals surface area (Å²) in [6.07, 6.45) is 20.0. The highest BCUT2D eigenvalue weighted by Gasteiger charge is 2.48. The van der Waals surface area contributed by atoms with Crippen LogP contribution in [0.5, 0.6) is 0 Å². The monoisotopic (exact) mass is 719 g/mol. The molecule has 1 aromatic heterocycles. The van der Waals surface area contributed by atoms with Crippen molar-refractivity contribution >= 4 is 14.0 Å². The van der Waals surface area contributed by atoms with Crippen molar-refractivity contribution in [2.24, 2.45) is 39.3 Å². The van der Waals surface area contributed by atoms with Crippen LogP contribution in [0.4, 0.5) is 0 Å². The molecule has 4 atom stereocenters. The van der Waals surface area contributed by atoms with Crippen LogP contribution in [0.15, 0.2) is 60.2 Å². The second-order valence-electron chi connectivity index (χ2n) is 16.5. The normalized spacial score (nSPS) is 23.9. The van der Waals surface area contributed by atoms with Crippen molar-refractivity contribution in [2.75, 3.05) is 33.2 Å². The molecule has 1 aliphatic heterocycles. The van der Waals surface area contributed by atoms with Crippen molar-refractivity contribution in [1.82, 2.24) is 15.2 Å². The molecule has 0 spiro atoms. The zero-order valence-electron chi connectivity index (χ0n) is 36.4. The summed E-state index contributed by atoms with van der Waals surface area (Å²) in [4.78, 5) is 11.8. The van der Waals surface area contributed by atoms with Gasteiger partial charge in [0.05, 0.1) is 12.1 Å². The van der Waals surface area contributed by atoms with E-state index < -0.39 is 0 Å². The minimum atomic E-state index is 0.191. The van der Waals surface area contributed by atoms with Gasteiger partial charge in [-0.3, -0.25) is 9.98 Å². The highest BCUT2D eigenvalue weighted by molar-refractivity contribution is 6.31. The molecule has 5 nitrogen and oxygen atoms in total. The molecule has 1 radical (unpaired) electrons. The maximum absolute atomic E-state index is 5.02. The molecular weight excluding hydrogens is 633 g/mol. The van der Waals surface area contributed by atoms with E-state index in [1.54, 1.807) is 0 Å². The SMILES string of the molecule is C=C.C=NC1C=CC(C(C)(C)CC)=CC1NCC1CCC1.CC(C)C.CCN1CCC(c2cccc(CCC3(CC)CC3C)n2)CC1.CN.C[B]C. The lowest BCUT2D eigenvalue weighted by Gasteiger charge is -2.33. The number of hydrogen-bond donors (Lipinski definition) is 2. The molecule has 297 valence electrons. The van der Waals surface area contributed by atoms with E-state index in [0.29, 0.717) is 17.4 Å². The number of pyridine rings is 1. The summed E-state index contributed by atoms with van der Waals surface area (Å²) in [5.74, 6) is 3.33. The standard InChI is InChI=1S/C20H32N2.C17H28N2.C4H10.C2H6B.C2H4.CH5N/c1-4-20(15-16(20)3)12-9-18-7-6-8-19(21-18)17-10-13-22(5-2)14-11-17;1-5-17(2,3)14-9-10-15(18-4)16(11-14)19-12-13-7-6-8-13;1-4(2)3;1-3-2;2*1-2/h6-8,16-17H,4-5,9-15H2,1-3H3;9-11,13,15-16,19H,4-8,12H2,1-3H3;4H,1-3H3;1-2H3;1-2H2;2H2,1H3. The van der Waals surface area contributed by atoms with Crippen LogP contribution in [0.25, 0.3) is 0 Å². The van der Waals surface area contributed by atoms with Gasteiger partial charge in [-0.2, -0.15) is 0 Å². The first-order chi connectivity index (χ1) is 24.9. The molecule has 2 saturated carbocycles. The maximum Gasteiger partial charge on any atom is 0.102 e. The third kappa shape index (κ3) is 17.9. The Balaban J connectivity index is 0.000000790. The zero-order valence-corrected chi connectivity index (χ0v) is 36.4. The fourth-order valence-corrected chi connectivity index (χ4v) is 7.03. The van der Waals surface area contributed by atoms with Crippen molar-refractivity contribution in [3.8, 4) is 0 Å². The second-order valence-corrected chi connectivity index (χ2v) is 16.5. The predicted molar refractivity (Wildman–Crippen MR) is 236 cm³/mol. The van der Waals surface area contributed by atoms with Crippen molar-refractivity contribution in [3.05, 3.63) is 66.5 Å². The number of aliphatic imine (C=N–C) groups is 1. The van der Waals surface area contributed by atoms with Crippen LogP contribution in [-0.4, -0.2) is 69.2 Å². The van der Waals surface area contributed by atoms with Crippen LogP contribution >= 0.6 is 0 Å². The highest BCUT2D eigenvalue weighted by Crippen LogP contribution is 2.57. The number of hydrogen-bond acceptors (Lipinski definition) is 5. The minimum Gasteiger partial charge on any atom is -0.333 e. The number of aromatic nitrogens is 1. The summed E-state index contributed by atoms with van der Waals surface area (Å²) in [5.41, 5.74) is 9.49. The van der Waals surface area contributed by atoms with Gasteiger partial charge in [0.2, 0.25) is 0 Å². The van der Waals surface area contributed by atoms with Crippen molar-refractivity contribution < 1.29 is 0 Å². The van der Waals surface area contributed by atoms with E-state index in [1.807, 2.05) is 20.9 Å². The van der Waals surface area contributed by atoms with Crippen LogP contribution in [0.2, 0.25) is 13.6 Å². The molecule has 0 amide bonds.